The number of aromatic carboxylic acids is 1. The molecule has 0 heterocycles. The maximum Gasteiger partial charge on any atom is 0.338 e. The van der Waals surface area contributed by atoms with Crippen molar-refractivity contribution in [3.8, 4) is 0 Å². The van der Waals surface area contributed by atoms with Crippen molar-refractivity contribution in [3.63, 3.8) is 0 Å². The van der Waals surface area contributed by atoms with Gasteiger partial charge in [0.25, 0.3) is 0 Å². The predicted molar refractivity (Wildman–Crippen MR) is 71.7 cm³/mol. The maximum absolute atomic E-state index is 13.2. The van der Waals surface area contributed by atoms with Crippen LogP contribution in [0.5, 0.6) is 0 Å². The summed E-state index contributed by atoms with van der Waals surface area (Å²) >= 11 is 0. The van der Waals surface area contributed by atoms with Gasteiger partial charge in [0.15, 0.2) is 0 Å². The molecule has 0 radical (unpaired) electrons. The number of halogens is 1. The average molecular weight is 304 g/mol. The fourth-order valence-corrected chi connectivity index (χ4v) is 2.62. The van der Waals surface area contributed by atoms with Gasteiger partial charge in [-0.1, -0.05) is 6.92 Å². The number of hydrogen-bond acceptors (Lipinski definition) is 4. The van der Waals surface area contributed by atoms with Gasteiger partial charge < -0.3 is 10.4 Å². The molecule has 0 saturated carbocycles. The minimum absolute atomic E-state index is 0.217. The summed E-state index contributed by atoms with van der Waals surface area (Å²) < 4.78 is 39.3. The molecule has 0 aromatic heterocycles. The van der Waals surface area contributed by atoms with Crippen molar-refractivity contribution in [2.45, 2.75) is 18.2 Å². The van der Waals surface area contributed by atoms with E-state index in [-0.39, 0.29) is 11.4 Å². The summed E-state index contributed by atoms with van der Waals surface area (Å²) in [5.74, 6) is -2.48. The van der Waals surface area contributed by atoms with Crippen LogP contribution in [-0.2, 0) is 10.0 Å². The second-order valence-electron chi connectivity index (χ2n) is 4.05. The lowest BCUT2D eigenvalue weighted by atomic mass is 10.2. The predicted octanol–water partition coefficient (Wildman–Crippen LogP) is 0.802. The molecule has 0 aliphatic heterocycles. The van der Waals surface area contributed by atoms with Crippen LogP contribution in [0.25, 0.3) is 0 Å². The largest absolute Gasteiger partial charge is 0.478 e. The molecule has 0 aliphatic carbocycles. The SMILES string of the molecule is CCNCCCNS(=O)(=O)c1ccc(F)c(C(=O)O)c1. The number of carboxylic acids is 1. The smallest absolute Gasteiger partial charge is 0.338 e. The number of nitrogens with one attached hydrogen (secondary N) is 2. The van der Waals surface area contributed by atoms with Crippen molar-refractivity contribution in [1.82, 2.24) is 10.0 Å². The van der Waals surface area contributed by atoms with E-state index in [1.165, 1.54) is 0 Å². The first-order valence-electron chi connectivity index (χ1n) is 6.11. The van der Waals surface area contributed by atoms with Gasteiger partial charge in [-0.25, -0.2) is 22.3 Å². The number of carboxylic acid groups (broad SMARTS) is 1. The van der Waals surface area contributed by atoms with E-state index in [1.807, 2.05) is 6.92 Å². The van der Waals surface area contributed by atoms with Crippen LogP contribution in [0.15, 0.2) is 23.1 Å². The standard InChI is InChI=1S/C12H17FN2O4S/c1-2-14-6-3-7-15-20(18,19)9-4-5-11(13)10(8-9)12(16)17/h4-5,8,14-15H,2-3,6-7H2,1H3,(H,16,17). The Morgan fingerprint density at radius 2 is 2.05 bits per heavy atom. The van der Waals surface area contributed by atoms with Gasteiger partial charge in [-0.15, -0.1) is 0 Å². The summed E-state index contributed by atoms with van der Waals surface area (Å²) in [7, 11) is -3.83. The van der Waals surface area contributed by atoms with Crippen LogP contribution in [0, 0.1) is 5.82 Å². The van der Waals surface area contributed by atoms with Crippen LogP contribution >= 0.6 is 0 Å². The van der Waals surface area contributed by atoms with Crippen LogP contribution in [0.1, 0.15) is 23.7 Å². The molecule has 0 bridgehead atoms. The molecule has 1 aromatic rings. The molecular weight excluding hydrogens is 287 g/mol. The second-order valence-corrected chi connectivity index (χ2v) is 5.82. The highest BCUT2D eigenvalue weighted by Crippen LogP contribution is 2.15. The molecular formula is C12H17FN2O4S. The van der Waals surface area contributed by atoms with E-state index in [0.717, 1.165) is 24.7 Å². The Morgan fingerprint density at radius 1 is 1.35 bits per heavy atom. The summed E-state index contributed by atoms with van der Waals surface area (Å²) in [6.45, 7) is 3.63. The first-order chi connectivity index (χ1) is 9.38. The van der Waals surface area contributed by atoms with Gasteiger partial charge in [0, 0.05) is 6.54 Å². The first-order valence-corrected chi connectivity index (χ1v) is 7.60. The fraction of sp³-hybridized carbons (Fsp3) is 0.417. The number of benzene rings is 1. The van der Waals surface area contributed by atoms with Gasteiger partial charge in [-0.05, 0) is 37.7 Å². The molecule has 20 heavy (non-hydrogen) atoms. The van der Waals surface area contributed by atoms with E-state index in [4.69, 9.17) is 5.11 Å². The summed E-state index contributed by atoms with van der Waals surface area (Å²) in [4.78, 5) is 10.5. The Morgan fingerprint density at radius 3 is 2.65 bits per heavy atom. The maximum atomic E-state index is 13.2. The van der Waals surface area contributed by atoms with Crippen molar-refractivity contribution in [2.75, 3.05) is 19.6 Å². The van der Waals surface area contributed by atoms with Crippen LogP contribution in [0.4, 0.5) is 4.39 Å². The Bertz CT molecular complexity index is 575. The number of hydrogen-bond donors (Lipinski definition) is 3. The van der Waals surface area contributed by atoms with Gasteiger partial charge >= 0.3 is 5.97 Å². The van der Waals surface area contributed by atoms with Crippen LogP contribution in [0.3, 0.4) is 0 Å². The zero-order valence-electron chi connectivity index (χ0n) is 11.0. The van der Waals surface area contributed by atoms with Gasteiger partial charge in [0.2, 0.25) is 10.0 Å². The summed E-state index contributed by atoms with van der Waals surface area (Å²) in [6, 6.07) is 2.68. The van der Waals surface area contributed by atoms with Gasteiger partial charge in [-0.2, -0.15) is 0 Å². The molecule has 0 saturated heterocycles. The molecule has 1 aromatic carbocycles. The molecule has 0 atom stereocenters. The van der Waals surface area contributed by atoms with E-state index in [0.29, 0.717) is 13.0 Å². The molecule has 1 rings (SSSR count). The lowest BCUT2D eigenvalue weighted by Crippen LogP contribution is -2.27. The lowest BCUT2D eigenvalue weighted by Gasteiger charge is -2.08. The number of rotatable bonds is 8. The Hall–Kier alpha value is -1.51. The molecule has 8 heteroatoms. The van der Waals surface area contributed by atoms with Gasteiger partial charge in [0.1, 0.15) is 5.82 Å². The zero-order chi connectivity index (χ0) is 15.2. The molecule has 6 nitrogen and oxygen atoms in total. The molecule has 112 valence electrons. The third-order valence-electron chi connectivity index (χ3n) is 2.55. The number of sulfonamides is 1. The monoisotopic (exact) mass is 304 g/mol. The van der Waals surface area contributed by atoms with E-state index >= 15 is 0 Å². The third kappa shape index (κ3) is 4.55. The quantitative estimate of drug-likeness (QED) is 0.618. The minimum atomic E-state index is -3.83. The second kappa shape index (κ2) is 7.32. The highest BCUT2D eigenvalue weighted by Gasteiger charge is 2.18. The normalized spacial score (nSPS) is 11.5. The molecule has 3 N–H and O–H groups in total. The fourth-order valence-electron chi connectivity index (χ4n) is 1.52. The molecule has 0 fully saturated rings. The van der Waals surface area contributed by atoms with Crippen molar-refractivity contribution in [3.05, 3.63) is 29.6 Å². The average Bonchev–Trinajstić information content (AvgIpc) is 2.38. The van der Waals surface area contributed by atoms with Crippen molar-refractivity contribution in [1.29, 1.82) is 0 Å². The molecule has 0 amide bonds. The summed E-state index contributed by atoms with van der Waals surface area (Å²) in [5.41, 5.74) is -0.666. The highest BCUT2D eigenvalue weighted by atomic mass is 32.2. The van der Waals surface area contributed by atoms with Crippen LogP contribution in [-0.4, -0.2) is 39.1 Å². The van der Waals surface area contributed by atoms with Crippen molar-refractivity contribution >= 4 is 16.0 Å². The zero-order valence-corrected chi connectivity index (χ0v) is 11.8. The highest BCUT2D eigenvalue weighted by molar-refractivity contribution is 7.89. The topological polar surface area (TPSA) is 95.5 Å². The Balaban J connectivity index is 2.77. The Kier molecular flexibility index (Phi) is 6.05. The number of carbonyl (C=O) groups is 1. The summed E-state index contributed by atoms with van der Waals surface area (Å²) in [6.07, 6.45) is 0.597. The summed E-state index contributed by atoms with van der Waals surface area (Å²) in [5, 5.41) is 11.8. The first kappa shape index (κ1) is 16.5. The van der Waals surface area contributed by atoms with E-state index in [2.05, 4.69) is 10.0 Å². The molecule has 0 unspecified atom stereocenters. The van der Waals surface area contributed by atoms with E-state index in [9.17, 15) is 17.6 Å². The minimum Gasteiger partial charge on any atom is -0.478 e. The van der Waals surface area contributed by atoms with Crippen LogP contribution in [0.2, 0.25) is 0 Å². The van der Waals surface area contributed by atoms with Gasteiger partial charge in [-0.3, -0.25) is 0 Å². The van der Waals surface area contributed by atoms with Crippen molar-refractivity contribution < 1.29 is 22.7 Å². The lowest BCUT2D eigenvalue weighted by molar-refractivity contribution is 0.0691. The van der Waals surface area contributed by atoms with E-state index < -0.39 is 27.4 Å². The molecule has 0 aliphatic rings. The van der Waals surface area contributed by atoms with Crippen LogP contribution < -0.4 is 10.0 Å². The van der Waals surface area contributed by atoms with E-state index in [1.54, 1.807) is 0 Å². The molecule has 0 spiro atoms. The van der Waals surface area contributed by atoms with Gasteiger partial charge in [0.05, 0.1) is 10.5 Å². The third-order valence-corrected chi connectivity index (χ3v) is 4.01. The van der Waals surface area contributed by atoms with Crippen molar-refractivity contribution in [2.24, 2.45) is 0 Å². The Labute approximate surface area is 117 Å².